The minimum atomic E-state index is -0.439. The van der Waals surface area contributed by atoms with Gasteiger partial charge in [0.1, 0.15) is 23.4 Å². The maximum absolute atomic E-state index is 12.3. The molecule has 1 saturated heterocycles. The van der Waals surface area contributed by atoms with E-state index in [1.165, 1.54) is 6.33 Å². The fourth-order valence-electron chi connectivity index (χ4n) is 2.85. The Morgan fingerprint density at radius 1 is 1.38 bits per heavy atom. The smallest absolute Gasteiger partial charge is 0.272 e. The van der Waals surface area contributed by atoms with Crippen LogP contribution >= 0.6 is 0 Å². The van der Waals surface area contributed by atoms with Crippen molar-refractivity contribution in [2.45, 2.75) is 19.1 Å². The number of aryl methyl sites for hydroxylation is 1. The van der Waals surface area contributed by atoms with Gasteiger partial charge in [-0.25, -0.2) is 19.9 Å². The van der Waals surface area contributed by atoms with Crippen LogP contribution in [0.2, 0.25) is 0 Å². The molecule has 1 fully saturated rings. The predicted octanol–water partition coefficient (Wildman–Crippen LogP) is 0.457. The van der Waals surface area contributed by atoms with Crippen molar-refractivity contribution in [3.8, 4) is 0 Å². The van der Waals surface area contributed by atoms with E-state index in [0.29, 0.717) is 25.4 Å². The van der Waals surface area contributed by atoms with E-state index >= 15 is 0 Å². The number of amides is 1. The first-order valence-corrected chi connectivity index (χ1v) is 6.70. The molecule has 2 aromatic heterocycles. The van der Waals surface area contributed by atoms with Crippen LogP contribution in [0.4, 0.5) is 0 Å². The summed E-state index contributed by atoms with van der Waals surface area (Å²) in [6.07, 6.45) is 4.76. The van der Waals surface area contributed by atoms with Crippen molar-refractivity contribution in [2.75, 3.05) is 13.1 Å². The van der Waals surface area contributed by atoms with E-state index in [4.69, 9.17) is 4.74 Å². The van der Waals surface area contributed by atoms with Gasteiger partial charge in [-0.1, -0.05) is 0 Å². The summed E-state index contributed by atoms with van der Waals surface area (Å²) in [6, 6.07) is 1.61. The molecule has 0 atom stereocenters. The molecule has 0 bridgehead atoms. The van der Waals surface area contributed by atoms with E-state index in [2.05, 4.69) is 19.9 Å². The Morgan fingerprint density at radius 2 is 2.24 bits per heavy atom. The molecule has 2 aliphatic rings. The average Bonchev–Trinajstić information content (AvgIpc) is 2.84. The van der Waals surface area contributed by atoms with Crippen LogP contribution in [0.3, 0.4) is 0 Å². The Kier molecular flexibility index (Phi) is 2.52. The summed E-state index contributed by atoms with van der Waals surface area (Å²) in [5, 5.41) is 0. The van der Waals surface area contributed by atoms with Crippen molar-refractivity contribution in [2.24, 2.45) is 0 Å². The standard InChI is InChI=1S/C14H13N5O2/c1-9-16-4-10-12(18-9)5-21-14(10)6-19(7-14)13(20)11-2-3-15-8-17-11/h2-4,8H,5-7H2,1H3. The third kappa shape index (κ3) is 1.81. The number of ether oxygens (including phenoxy) is 1. The lowest BCUT2D eigenvalue weighted by Gasteiger charge is -2.46. The third-order valence-electron chi connectivity index (χ3n) is 3.95. The number of nitrogens with zero attached hydrogens (tertiary/aromatic N) is 5. The number of likely N-dealkylation sites (tertiary alicyclic amines) is 1. The van der Waals surface area contributed by atoms with Crippen molar-refractivity contribution in [1.29, 1.82) is 0 Å². The van der Waals surface area contributed by atoms with E-state index in [9.17, 15) is 4.79 Å². The number of hydrogen-bond acceptors (Lipinski definition) is 6. The molecular weight excluding hydrogens is 270 g/mol. The molecule has 21 heavy (non-hydrogen) atoms. The van der Waals surface area contributed by atoms with Crippen molar-refractivity contribution in [3.05, 3.63) is 47.6 Å². The first kappa shape index (κ1) is 12.3. The van der Waals surface area contributed by atoms with Gasteiger partial charge in [0.25, 0.3) is 5.91 Å². The summed E-state index contributed by atoms with van der Waals surface area (Å²) < 4.78 is 5.89. The molecule has 4 heterocycles. The molecule has 0 aromatic carbocycles. The Bertz CT molecular complexity index is 713. The maximum Gasteiger partial charge on any atom is 0.272 e. The van der Waals surface area contributed by atoms with Crippen molar-refractivity contribution < 1.29 is 9.53 Å². The minimum absolute atomic E-state index is 0.104. The van der Waals surface area contributed by atoms with E-state index < -0.39 is 5.60 Å². The lowest BCUT2D eigenvalue weighted by Crippen LogP contribution is -2.61. The minimum Gasteiger partial charge on any atom is -0.360 e. The van der Waals surface area contributed by atoms with Crippen LogP contribution in [-0.4, -0.2) is 43.8 Å². The summed E-state index contributed by atoms with van der Waals surface area (Å²) >= 11 is 0. The molecule has 1 spiro atoms. The maximum atomic E-state index is 12.3. The van der Waals surface area contributed by atoms with Gasteiger partial charge in [0.2, 0.25) is 0 Å². The van der Waals surface area contributed by atoms with Gasteiger partial charge in [0, 0.05) is 18.0 Å². The van der Waals surface area contributed by atoms with Gasteiger partial charge < -0.3 is 9.64 Å². The quantitative estimate of drug-likeness (QED) is 0.756. The molecule has 0 radical (unpaired) electrons. The number of hydrogen-bond donors (Lipinski definition) is 0. The highest BCUT2D eigenvalue weighted by Gasteiger charge is 2.52. The summed E-state index contributed by atoms with van der Waals surface area (Å²) in [4.78, 5) is 30.4. The molecule has 7 nitrogen and oxygen atoms in total. The molecule has 0 aliphatic carbocycles. The zero-order valence-corrected chi connectivity index (χ0v) is 11.5. The monoisotopic (exact) mass is 283 g/mol. The van der Waals surface area contributed by atoms with E-state index in [-0.39, 0.29) is 5.91 Å². The second kappa shape index (κ2) is 4.29. The molecule has 7 heteroatoms. The third-order valence-corrected chi connectivity index (χ3v) is 3.95. The first-order chi connectivity index (χ1) is 10.2. The van der Waals surface area contributed by atoms with Crippen LogP contribution < -0.4 is 0 Å². The molecule has 0 saturated carbocycles. The van der Waals surface area contributed by atoms with Crippen molar-refractivity contribution in [1.82, 2.24) is 24.8 Å². The number of carbonyl (C=O) groups excluding carboxylic acids is 1. The molecule has 2 aromatic rings. The van der Waals surface area contributed by atoms with Crippen LogP contribution in [0.15, 0.2) is 24.8 Å². The van der Waals surface area contributed by atoms with Crippen molar-refractivity contribution >= 4 is 5.91 Å². The van der Waals surface area contributed by atoms with Gasteiger partial charge in [0.15, 0.2) is 0 Å². The molecule has 0 unspecified atom stereocenters. The second-order valence-corrected chi connectivity index (χ2v) is 5.32. The Labute approximate surface area is 121 Å². The lowest BCUT2D eigenvalue weighted by molar-refractivity contribution is -0.126. The Morgan fingerprint density at radius 3 is 3.00 bits per heavy atom. The van der Waals surface area contributed by atoms with Gasteiger partial charge in [-0.15, -0.1) is 0 Å². The lowest BCUT2D eigenvalue weighted by atomic mass is 9.87. The first-order valence-electron chi connectivity index (χ1n) is 6.70. The van der Waals surface area contributed by atoms with E-state index in [1.54, 1.807) is 17.2 Å². The summed E-state index contributed by atoms with van der Waals surface area (Å²) in [5.74, 6) is 0.635. The normalized spacial score (nSPS) is 18.4. The fraction of sp³-hybridized carbons (Fsp3) is 0.357. The Balaban J connectivity index is 1.55. The largest absolute Gasteiger partial charge is 0.360 e. The highest BCUT2D eigenvalue weighted by atomic mass is 16.5. The number of carbonyl (C=O) groups is 1. The topological polar surface area (TPSA) is 81.1 Å². The number of aromatic nitrogens is 4. The van der Waals surface area contributed by atoms with E-state index in [1.807, 2.05) is 13.1 Å². The van der Waals surface area contributed by atoms with Gasteiger partial charge in [-0.2, -0.15) is 0 Å². The zero-order valence-electron chi connectivity index (χ0n) is 11.5. The fourth-order valence-corrected chi connectivity index (χ4v) is 2.85. The highest BCUT2D eigenvalue weighted by molar-refractivity contribution is 5.93. The zero-order chi connectivity index (χ0) is 14.4. The second-order valence-electron chi connectivity index (χ2n) is 5.32. The summed E-state index contributed by atoms with van der Waals surface area (Å²) in [5.41, 5.74) is 1.89. The van der Waals surface area contributed by atoms with Crippen LogP contribution in [0.1, 0.15) is 27.6 Å². The highest BCUT2D eigenvalue weighted by Crippen LogP contribution is 2.42. The number of fused-ring (bicyclic) bond motifs is 2. The van der Waals surface area contributed by atoms with Crippen LogP contribution in [0, 0.1) is 6.92 Å². The average molecular weight is 283 g/mol. The predicted molar refractivity (Wildman–Crippen MR) is 71.2 cm³/mol. The van der Waals surface area contributed by atoms with E-state index in [0.717, 1.165) is 17.1 Å². The molecule has 1 amide bonds. The van der Waals surface area contributed by atoms with Gasteiger partial charge >= 0.3 is 0 Å². The van der Waals surface area contributed by atoms with Crippen LogP contribution in [0.25, 0.3) is 0 Å². The number of rotatable bonds is 1. The van der Waals surface area contributed by atoms with Crippen LogP contribution in [0.5, 0.6) is 0 Å². The molecule has 4 rings (SSSR count). The molecule has 106 valence electrons. The molecule has 2 aliphatic heterocycles. The van der Waals surface area contributed by atoms with Gasteiger partial charge in [-0.05, 0) is 13.0 Å². The van der Waals surface area contributed by atoms with Crippen molar-refractivity contribution in [3.63, 3.8) is 0 Å². The summed E-state index contributed by atoms with van der Waals surface area (Å²) in [7, 11) is 0. The van der Waals surface area contributed by atoms with Gasteiger partial charge in [0.05, 0.1) is 25.4 Å². The van der Waals surface area contributed by atoms with Gasteiger partial charge in [-0.3, -0.25) is 4.79 Å². The van der Waals surface area contributed by atoms with Crippen LogP contribution in [-0.2, 0) is 16.9 Å². The molecule has 0 N–H and O–H groups in total. The molecular formula is C14H13N5O2. The Hall–Kier alpha value is -2.41. The SMILES string of the molecule is Cc1ncc2c(n1)COC21CN(C(=O)c2ccncn2)C1. The summed E-state index contributed by atoms with van der Waals surface area (Å²) in [6.45, 7) is 3.36.